The van der Waals surface area contributed by atoms with Crippen molar-refractivity contribution in [3.05, 3.63) is 0 Å². The molecule has 0 aromatic rings. The normalized spacial score (nSPS) is 20.6. The summed E-state index contributed by atoms with van der Waals surface area (Å²) in [6.07, 6.45) is 2.50. The van der Waals surface area contributed by atoms with Gasteiger partial charge in [-0.25, -0.2) is 0 Å². The number of aliphatic carboxylic acids is 1. The maximum absolute atomic E-state index is 11.0. The van der Waals surface area contributed by atoms with E-state index in [0.29, 0.717) is 19.1 Å². The number of nitrogens with one attached hydrogen (secondary N) is 1. The van der Waals surface area contributed by atoms with Crippen LogP contribution in [-0.4, -0.2) is 37.9 Å². The van der Waals surface area contributed by atoms with Gasteiger partial charge in [0.15, 0.2) is 0 Å². The van der Waals surface area contributed by atoms with Crippen LogP contribution in [0.5, 0.6) is 0 Å². The van der Waals surface area contributed by atoms with Crippen molar-refractivity contribution < 1.29 is 14.6 Å². The zero-order valence-corrected chi connectivity index (χ0v) is 8.66. The standard InChI is InChI=1S/C10H19NO3/c1-11-5-2-9(10(12)13)8-3-6-14-7-4-8/h8-9,11H,2-7H2,1H3,(H,12,13). The first-order valence-corrected chi connectivity index (χ1v) is 5.21. The summed E-state index contributed by atoms with van der Waals surface area (Å²) in [5, 5.41) is 12.1. The molecule has 0 amide bonds. The Hall–Kier alpha value is -0.610. The van der Waals surface area contributed by atoms with Crippen LogP contribution in [0.4, 0.5) is 0 Å². The topological polar surface area (TPSA) is 58.6 Å². The highest BCUT2D eigenvalue weighted by Crippen LogP contribution is 2.26. The highest BCUT2D eigenvalue weighted by molar-refractivity contribution is 5.70. The van der Waals surface area contributed by atoms with E-state index in [1.807, 2.05) is 7.05 Å². The molecule has 0 saturated carbocycles. The van der Waals surface area contributed by atoms with E-state index in [4.69, 9.17) is 9.84 Å². The van der Waals surface area contributed by atoms with Gasteiger partial charge in [0, 0.05) is 13.2 Å². The third kappa shape index (κ3) is 3.27. The minimum absolute atomic E-state index is 0.202. The van der Waals surface area contributed by atoms with Crippen molar-refractivity contribution in [1.82, 2.24) is 5.32 Å². The summed E-state index contributed by atoms with van der Waals surface area (Å²) in [4.78, 5) is 11.0. The first-order chi connectivity index (χ1) is 6.75. The fourth-order valence-corrected chi connectivity index (χ4v) is 1.98. The number of carbonyl (C=O) groups is 1. The second kappa shape index (κ2) is 5.98. The van der Waals surface area contributed by atoms with Crippen molar-refractivity contribution in [2.24, 2.45) is 11.8 Å². The fourth-order valence-electron chi connectivity index (χ4n) is 1.98. The third-order valence-electron chi connectivity index (χ3n) is 2.86. The van der Waals surface area contributed by atoms with Gasteiger partial charge in [-0.15, -0.1) is 0 Å². The van der Waals surface area contributed by atoms with Crippen LogP contribution in [0.25, 0.3) is 0 Å². The second-order valence-electron chi connectivity index (χ2n) is 3.79. The predicted octanol–water partition coefficient (Wildman–Crippen LogP) is 0.723. The van der Waals surface area contributed by atoms with Crippen LogP contribution in [0, 0.1) is 11.8 Å². The SMILES string of the molecule is CNCCC(C(=O)O)C1CCOCC1. The van der Waals surface area contributed by atoms with Crippen LogP contribution < -0.4 is 5.32 Å². The molecule has 0 aromatic carbocycles. The largest absolute Gasteiger partial charge is 0.481 e. The Bertz CT molecular complexity index is 178. The lowest BCUT2D eigenvalue weighted by Crippen LogP contribution is -2.31. The number of carboxylic acid groups (broad SMARTS) is 1. The van der Waals surface area contributed by atoms with Crippen LogP contribution in [0.1, 0.15) is 19.3 Å². The molecule has 0 spiro atoms. The Morgan fingerprint density at radius 3 is 2.71 bits per heavy atom. The molecule has 1 atom stereocenters. The Kier molecular flexibility index (Phi) is 4.90. The minimum atomic E-state index is -0.660. The Morgan fingerprint density at radius 2 is 2.21 bits per heavy atom. The van der Waals surface area contributed by atoms with Crippen LogP contribution in [0.15, 0.2) is 0 Å². The molecule has 14 heavy (non-hydrogen) atoms. The second-order valence-corrected chi connectivity index (χ2v) is 3.79. The molecule has 1 unspecified atom stereocenters. The summed E-state index contributed by atoms with van der Waals surface area (Å²) in [7, 11) is 1.85. The molecule has 0 radical (unpaired) electrons. The van der Waals surface area contributed by atoms with E-state index in [-0.39, 0.29) is 5.92 Å². The number of rotatable bonds is 5. The maximum Gasteiger partial charge on any atom is 0.306 e. The van der Waals surface area contributed by atoms with Gasteiger partial charge in [0.05, 0.1) is 5.92 Å². The number of hydrogen-bond donors (Lipinski definition) is 2. The average Bonchev–Trinajstić information content (AvgIpc) is 2.19. The molecular formula is C10H19NO3. The van der Waals surface area contributed by atoms with Gasteiger partial charge in [0.2, 0.25) is 0 Å². The van der Waals surface area contributed by atoms with Gasteiger partial charge in [-0.3, -0.25) is 4.79 Å². The Balaban J connectivity index is 2.43. The minimum Gasteiger partial charge on any atom is -0.481 e. The van der Waals surface area contributed by atoms with E-state index in [1.165, 1.54) is 0 Å². The van der Waals surface area contributed by atoms with E-state index in [9.17, 15) is 4.79 Å². The van der Waals surface area contributed by atoms with E-state index in [0.717, 1.165) is 25.8 Å². The fraction of sp³-hybridized carbons (Fsp3) is 0.900. The van der Waals surface area contributed by atoms with Crippen LogP contribution in [0.2, 0.25) is 0 Å². The highest BCUT2D eigenvalue weighted by Gasteiger charge is 2.28. The van der Waals surface area contributed by atoms with Crippen LogP contribution in [0.3, 0.4) is 0 Å². The van der Waals surface area contributed by atoms with Gasteiger partial charge in [-0.05, 0) is 38.8 Å². The van der Waals surface area contributed by atoms with E-state index in [1.54, 1.807) is 0 Å². The molecular weight excluding hydrogens is 182 g/mol. The maximum atomic E-state index is 11.0. The van der Waals surface area contributed by atoms with E-state index in [2.05, 4.69) is 5.32 Å². The summed E-state index contributed by atoms with van der Waals surface area (Å²) in [6.45, 7) is 2.20. The van der Waals surface area contributed by atoms with Crippen molar-refractivity contribution in [2.75, 3.05) is 26.8 Å². The molecule has 1 saturated heterocycles. The molecule has 0 bridgehead atoms. The molecule has 0 aromatic heterocycles. The van der Waals surface area contributed by atoms with Crippen molar-refractivity contribution in [1.29, 1.82) is 0 Å². The van der Waals surface area contributed by atoms with E-state index >= 15 is 0 Å². The molecule has 82 valence electrons. The predicted molar refractivity (Wildman–Crippen MR) is 53.2 cm³/mol. The van der Waals surface area contributed by atoms with Gasteiger partial charge in [-0.1, -0.05) is 0 Å². The molecule has 1 fully saturated rings. The lowest BCUT2D eigenvalue weighted by Gasteiger charge is -2.27. The van der Waals surface area contributed by atoms with Crippen molar-refractivity contribution in [3.63, 3.8) is 0 Å². The molecule has 1 heterocycles. The number of hydrogen-bond acceptors (Lipinski definition) is 3. The molecule has 1 aliphatic heterocycles. The van der Waals surface area contributed by atoms with E-state index < -0.39 is 5.97 Å². The summed E-state index contributed by atoms with van der Waals surface area (Å²) in [5.41, 5.74) is 0. The first-order valence-electron chi connectivity index (χ1n) is 5.21. The first kappa shape index (κ1) is 11.5. The monoisotopic (exact) mass is 201 g/mol. The smallest absolute Gasteiger partial charge is 0.306 e. The van der Waals surface area contributed by atoms with Gasteiger partial charge in [0.25, 0.3) is 0 Å². The molecule has 4 nitrogen and oxygen atoms in total. The van der Waals surface area contributed by atoms with Crippen LogP contribution in [-0.2, 0) is 9.53 Å². The molecule has 1 rings (SSSR count). The van der Waals surface area contributed by atoms with Crippen molar-refractivity contribution in [2.45, 2.75) is 19.3 Å². The highest BCUT2D eigenvalue weighted by atomic mass is 16.5. The van der Waals surface area contributed by atoms with Gasteiger partial charge >= 0.3 is 5.97 Å². The average molecular weight is 201 g/mol. The molecule has 1 aliphatic rings. The zero-order chi connectivity index (χ0) is 10.4. The zero-order valence-electron chi connectivity index (χ0n) is 8.66. The van der Waals surface area contributed by atoms with Crippen molar-refractivity contribution >= 4 is 5.97 Å². The van der Waals surface area contributed by atoms with Crippen LogP contribution >= 0.6 is 0 Å². The number of carboxylic acids is 1. The lowest BCUT2D eigenvalue weighted by molar-refractivity contribution is -0.145. The van der Waals surface area contributed by atoms with Crippen molar-refractivity contribution in [3.8, 4) is 0 Å². The third-order valence-corrected chi connectivity index (χ3v) is 2.86. The van der Waals surface area contributed by atoms with Gasteiger partial charge in [0.1, 0.15) is 0 Å². The number of ether oxygens (including phenoxy) is 1. The lowest BCUT2D eigenvalue weighted by atomic mass is 9.84. The van der Waals surface area contributed by atoms with Gasteiger partial charge in [-0.2, -0.15) is 0 Å². The molecule has 0 aliphatic carbocycles. The summed E-state index contributed by atoms with van der Waals surface area (Å²) in [6, 6.07) is 0. The summed E-state index contributed by atoms with van der Waals surface area (Å²) < 4.78 is 5.23. The summed E-state index contributed by atoms with van der Waals surface area (Å²) in [5.74, 6) is -0.562. The Morgan fingerprint density at radius 1 is 1.57 bits per heavy atom. The molecule has 2 N–H and O–H groups in total. The quantitative estimate of drug-likeness (QED) is 0.688. The molecule has 4 heteroatoms. The Labute approximate surface area is 84.6 Å². The summed E-state index contributed by atoms with van der Waals surface area (Å²) >= 11 is 0. The van der Waals surface area contributed by atoms with Gasteiger partial charge < -0.3 is 15.2 Å².